The number of ether oxygens (including phenoxy) is 1. The van der Waals surface area contributed by atoms with Crippen LogP contribution in [-0.2, 0) is 6.54 Å². The monoisotopic (exact) mass is 395 g/mol. The molecule has 0 fully saturated rings. The number of carbonyl (C=O) groups is 1. The number of pyridine rings is 1. The van der Waals surface area contributed by atoms with E-state index in [2.05, 4.69) is 30.7 Å². The van der Waals surface area contributed by atoms with Gasteiger partial charge < -0.3 is 20.7 Å². The van der Waals surface area contributed by atoms with E-state index in [4.69, 9.17) is 0 Å². The van der Waals surface area contributed by atoms with Crippen LogP contribution < -0.4 is 20.7 Å². The average molecular weight is 395 g/mol. The number of hydrogen-bond acceptors (Lipinski definition) is 4. The van der Waals surface area contributed by atoms with Crippen LogP contribution in [0, 0.1) is 0 Å². The molecule has 3 N–H and O–H groups in total. The van der Waals surface area contributed by atoms with Crippen LogP contribution in [0.3, 0.4) is 0 Å². The number of carbonyl (C=O) groups excluding carboxylic acids is 1. The first kappa shape index (κ1) is 21.0. The zero-order chi connectivity index (χ0) is 20.4. The van der Waals surface area contributed by atoms with Gasteiger partial charge in [0.25, 0.3) is 5.91 Å². The van der Waals surface area contributed by atoms with Gasteiger partial charge in [0, 0.05) is 44.6 Å². The molecule has 0 saturated heterocycles. The highest BCUT2D eigenvalue weighted by atomic mass is 19.4. The van der Waals surface area contributed by atoms with E-state index in [0.717, 1.165) is 0 Å². The van der Waals surface area contributed by atoms with Crippen molar-refractivity contribution in [2.75, 3.05) is 20.1 Å². The van der Waals surface area contributed by atoms with Crippen molar-refractivity contribution in [3.05, 3.63) is 59.9 Å². The van der Waals surface area contributed by atoms with Gasteiger partial charge in [0.05, 0.1) is 5.56 Å². The number of aromatic nitrogens is 1. The summed E-state index contributed by atoms with van der Waals surface area (Å²) in [5, 5.41) is 8.58. The zero-order valence-corrected chi connectivity index (χ0v) is 15.1. The van der Waals surface area contributed by atoms with Crippen molar-refractivity contribution in [3.8, 4) is 5.75 Å². The molecule has 0 aliphatic rings. The zero-order valence-electron chi connectivity index (χ0n) is 15.1. The highest BCUT2D eigenvalue weighted by Crippen LogP contribution is 2.25. The maximum Gasteiger partial charge on any atom is 0.573 e. The molecule has 1 aromatic carbocycles. The molecule has 7 nitrogen and oxygen atoms in total. The van der Waals surface area contributed by atoms with Crippen molar-refractivity contribution < 1.29 is 22.7 Å². The largest absolute Gasteiger partial charge is 0.573 e. The molecule has 0 atom stereocenters. The molecular weight excluding hydrogens is 375 g/mol. The topological polar surface area (TPSA) is 87.6 Å². The van der Waals surface area contributed by atoms with E-state index in [-0.39, 0.29) is 18.2 Å². The Morgan fingerprint density at radius 1 is 1.11 bits per heavy atom. The molecule has 2 aromatic rings. The quantitative estimate of drug-likeness (QED) is 0.380. The van der Waals surface area contributed by atoms with E-state index in [1.165, 1.54) is 31.4 Å². The van der Waals surface area contributed by atoms with Crippen LogP contribution in [0.4, 0.5) is 13.2 Å². The van der Waals surface area contributed by atoms with Gasteiger partial charge in [-0.15, -0.1) is 13.2 Å². The number of halogens is 3. The third kappa shape index (κ3) is 7.14. The molecule has 10 heteroatoms. The Balaban J connectivity index is 1.78. The second-order valence-electron chi connectivity index (χ2n) is 5.51. The number of alkyl halides is 3. The molecule has 150 valence electrons. The van der Waals surface area contributed by atoms with E-state index in [9.17, 15) is 18.0 Å². The third-order valence-corrected chi connectivity index (χ3v) is 3.49. The Labute approximate surface area is 160 Å². The smallest absolute Gasteiger partial charge is 0.405 e. The molecule has 0 radical (unpaired) electrons. The Hall–Kier alpha value is -3.30. The van der Waals surface area contributed by atoms with Crippen LogP contribution in [0.15, 0.2) is 53.8 Å². The standard InChI is InChI=1S/C18H20F3N5O2/c1-22-17(25-10-9-24-16(27)14-6-4-8-23-11-14)26-12-13-5-2-3-7-15(13)28-18(19,20)21/h2-8,11H,9-10,12H2,1H3,(H,24,27)(H2,22,25,26). The Morgan fingerprint density at radius 3 is 2.54 bits per heavy atom. The molecule has 0 bridgehead atoms. The number of para-hydroxylation sites is 1. The summed E-state index contributed by atoms with van der Waals surface area (Å²) < 4.78 is 41.4. The molecule has 0 saturated carbocycles. The van der Waals surface area contributed by atoms with Gasteiger partial charge in [-0.25, -0.2) is 0 Å². The summed E-state index contributed by atoms with van der Waals surface area (Å²) >= 11 is 0. The summed E-state index contributed by atoms with van der Waals surface area (Å²) in [7, 11) is 1.53. The van der Waals surface area contributed by atoms with Crippen molar-refractivity contribution in [2.24, 2.45) is 4.99 Å². The van der Waals surface area contributed by atoms with E-state index in [1.54, 1.807) is 24.4 Å². The minimum absolute atomic E-state index is 0.0774. The van der Waals surface area contributed by atoms with Gasteiger partial charge >= 0.3 is 6.36 Å². The molecule has 1 amide bonds. The van der Waals surface area contributed by atoms with Gasteiger partial charge in [-0.05, 0) is 18.2 Å². The summed E-state index contributed by atoms with van der Waals surface area (Å²) in [6, 6.07) is 9.16. The number of nitrogens with zero attached hydrogens (tertiary/aromatic N) is 2. The number of hydrogen-bond donors (Lipinski definition) is 3. The third-order valence-electron chi connectivity index (χ3n) is 3.49. The average Bonchev–Trinajstić information content (AvgIpc) is 2.68. The Morgan fingerprint density at radius 2 is 1.86 bits per heavy atom. The summed E-state index contributed by atoms with van der Waals surface area (Å²) in [6.07, 6.45) is -1.72. The van der Waals surface area contributed by atoms with Crippen LogP contribution in [0.1, 0.15) is 15.9 Å². The first-order valence-electron chi connectivity index (χ1n) is 8.35. The second kappa shape index (κ2) is 10.1. The molecule has 2 rings (SSSR count). The molecule has 0 spiro atoms. The lowest BCUT2D eigenvalue weighted by molar-refractivity contribution is -0.274. The second-order valence-corrected chi connectivity index (χ2v) is 5.51. The van der Waals surface area contributed by atoms with Crippen molar-refractivity contribution in [1.82, 2.24) is 20.9 Å². The number of guanidine groups is 1. The lowest BCUT2D eigenvalue weighted by atomic mass is 10.2. The van der Waals surface area contributed by atoms with Gasteiger partial charge in [0.2, 0.25) is 0 Å². The van der Waals surface area contributed by atoms with E-state index < -0.39 is 6.36 Å². The number of benzene rings is 1. The predicted octanol–water partition coefficient (Wildman–Crippen LogP) is 2.08. The molecule has 0 aliphatic heterocycles. The maximum absolute atomic E-state index is 12.5. The summed E-state index contributed by atoms with van der Waals surface area (Å²) in [4.78, 5) is 19.8. The first-order chi connectivity index (χ1) is 13.4. The van der Waals surface area contributed by atoms with E-state index in [0.29, 0.717) is 30.2 Å². The first-order valence-corrected chi connectivity index (χ1v) is 8.35. The lowest BCUT2D eigenvalue weighted by Crippen LogP contribution is -2.41. The fraction of sp³-hybridized carbons (Fsp3) is 0.278. The number of nitrogens with one attached hydrogen (secondary N) is 3. The molecule has 1 heterocycles. The predicted molar refractivity (Wildman–Crippen MR) is 97.9 cm³/mol. The van der Waals surface area contributed by atoms with E-state index in [1.807, 2.05) is 0 Å². The van der Waals surface area contributed by atoms with Gasteiger partial charge in [-0.2, -0.15) is 0 Å². The number of aliphatic imine (C=N–C) groups is 1. The fourth-order valence-electron chi connectivity index (χ4n) is 2.23. The van der Waals surface area contributed by atoms with Gasteiger partial charge in [-0.3, -0.25) is 14.8 Å². The highest BCUT2D eigenvalue weighted by molar-refractivity contribution is 5.93. The van der Waals surface area contributed by atoms with Crippen LogP contribution in [0.25, 0.3) is 0 Å². The van der Waals surface area contributed by atoms with Crippen molar-refractivity contribution in [3.63, 3.8) is 0 Å². The molecule has 28 heavy (non-hydrogen) atoms. The van der Waals surface area contributed by atoms with Crippen LogP contribution in [0.2, 0.25) is 0 Å². The molecule has 1 aromatic heterocycles. The van der Waals surface area contributed by atoms with Crippen molar-refractivity contribution >= 4 is 11.9 Å². The fourth-order valence-corrected chi connectivity index (χ4v) is 2.23. The van der Waals surface area contributed by atoms with Crippen LogP contribution in [0.5, 0.6) is 5.75 Å². The Bertz CT molecular complexity index is 797. The summed E-state index contributed by atoms with van der Waals surface area (Å²) in [5.74, 6) is -0.157. The molecule has 0 unspecified atom stereocenters. The van der Waals surface area contributed by atoms with Gasteiger partial charge in [0.1, 0.15) is 5.75 Å². The molecule has 0 aliphatic carbocycles. The van der Waals surface area contributed by atoms with Crippen LogP contribution in [-0.4, -0.2) is 43.4 Å². The highest BCUT2D eigenvalue weighted by Gasteiger charge is 2.31. The SMILES string of the molecule is CN=C(NCCNC(=O)c1cccnc1)NCc1ccccc1OC(F)(F)F. The lowest BCUT2D eigenvalue weighted by Gasteiger charge is -2.15. The van der Waals surface area contributed by atoms with Gasteiger partial charge in [-0.1, -0.05) is 18.2 Å². The molecular formula is C18H20F3N5O2. The minimum Gasteiger partial charge on any atom is -0.405 e. The summed E-state index contributed by atoms with van der Waals surface area (Å²) in [6.45, 7) is 0.766. The normalized spacial score (nSPS) is 11.6. The maximum atomic E-state index is 12.5. The van der Waals surface area contributed by atoms with Crippen molar-refractivity contribution in [1.29, 1.82) is 0 Å². The van der Waals surface area contributed by atoms with Gasteiger partial charge in [0.15, 0.2) is 5.96 Å². The number of amides is 1. The van der Waals surface area contributed by atoms with Crippen molar-refractivity contribution in [2.45, 2.75) is 12.9 Å². The Kier molecular flexibility index (Phi) is 7.61. The van der Waals surface area contributed by atoms with Crippen LogP contribution >= 0.6 is 0 Å². The minimum atomic E-state index is -4.76. The summed E-state index contributed by atoms with van der Waals surface area (Å²) in [5.41, 5.74) is 0.777. The van der Waals surface area contributed by atoms with E-state index >= 15 is 0 Å². The number of rotatable bonds is 7.